The summed E-state index contributed by atoms with van der Waals surface area (Å²) in [7, 11) is 0. The van der Waals surface area contributed by atoms with Gasteiger partial charge >= 0.3 is 12.0 Å². The van der Waals surface area contributed by atoms with Gasteiger partial charge in [0.25, 0.3) is 5.91 Å². The highest BCUT2D eigenvalue weighted by Gasteiger charge is 2.49. The number of ketones is 1. The molecule has 3 aromatic rings. The smallest absolute Gasteiger partial charge is 0.330 e. The average molecular weight is 613 g/mol. The lowest BCUT2D eigenvalue weighted by Gasteiger charge is -2.38. The molecule has 192 valence electrons. The van der Waals surface area contributed by atoms with Crippen LogP contribution < -0.4 is 16.0 Å². The van der Waals surface area contributed by atoms with Crippen LogP contribution in [0.15, 0.2) is 48.5 Å². The molecule has 1 fully saturated rings. The van der Waals surface area contributed by atoms with Crippen LogP contribution in [0.25, 0.3) is 10.8 Å². The van der Waals surface area contributed by atoms with E-state index in [0.29, 0.717) is 5.69 Å². The first-order chi connectivity index (χ1) is 17.5. The van der Waals surface area contributed by atoms with Crippen LogP contribution >= 0.6 is 22.6 Å². The fraction of sp³-hybridized carbons (Fsp3) is 0.286. The molecular formula is C28H28IN3O5. The van der Waals surface area contributed by atoms with Crippen molar-refractivity contribution in [3.05, 3.63) is 70.8 Å². The van der Waals surface area contributed by atoms with Crippen LogP contribution in [0.3, 0.4) is 0 Å². The third-order valence-corrected chi connectivity index (χ3v) is 8.26. The number of Topliss-reactive ketones (excluding diaryl/α,β-unsaturated/α-hetero) is 1. The summed E-state index contributed by atoms with van der Waals surface area (Å²) in [5.74, 6) is -1.86. The van der Waals surface area contributed by atoms with Crippen LogP contribution in [0, 0.1) is 20.8 Å². The molecule has 8 nitrogen and oxygen atoms in total. The van der Waals surface area contributed by atoms with E-state index in [-0.39, 0.29) is 36.3 Å². The second-order valence-electron chi connectivity index (χ2n) is 9.54. The van der Waals surface area contributed by atoms with E-state index in [2.05, 4.69) is 16.0 Å². The van der Waals surface area contributed by atoms with Crippen molar-refractivity contribution < 1.29 is 24.3 Å². The van der Waals surface area contributed by atoms with Crippen LogP contribution in [-0.4, -0.2) is 38.3 Å². The topological polar surface area (TPSA) is 125 Å². The van der Waals surface area contributed by atoms with E-state index in [1.54, 1.807) is 12.1 Å². The second-order valence-corrected chi connectivity index (χ2v) is 11.0. The first-order valence-electron chi connectivity index (χ1n) is 11.9. The van der Waals surface area contributed by atoms with Gasteiger partial charge in [0.2, 0.25) is 0 Å². The number of urea groups is 1. The maximum Gasteiger partial charge on any atom is 0.330 e. The van der Waals surface area contributed by atoms with Gasteiger partial charge in [-0.05, 0) is 61.2 Å². The van der Waals surface area contributed by atoms with Gasteiger partial charge in [0, 0.05) is 18.5 Å². The van der Waals surface area contributed by atoms with Gasteiger partial charge in [-0.3, -0.25) is 9.59 Å². The number of amides is 3. The fourth-order valence-corrected chi connectivity index (χ4v) is 6.08. The number of nitrogens with one attached hydrogen (secondary N) is 3. The predicted octanol–water partition coefficient (Wildman–Crippen LogP) is 5.52. The normalized spacial score (nSPS) is 19.4. The number of anilines is 2. The fourth-order valence-electron chi connectivity index (χ4n) is 4.85. The van der Waals surface area contributed by atoms with Crippen molar-refractivity contribution in [2.24, 2.45) is 0 Å². The van der Waals surface area contributed by atoms with Gasteiger partial charge < -0.3 is 21.1 Å². The summed E-state index contributed by atoms with van der Waals surface area (Å²) in [6, 6.07) is 14.1. The molecule has 9 heteroatoms. The van der Waals surface area contributed by atoms with E-state index in [4.69, 9.17) is 0 Å². The first-order valence-corrected chi connectivity index (χ1v) is 13.1. The summed E-state index contributed by atoms with van der Waals surface area (Å²) in [5, 5.41) is 20.0. The summed E-state index contributed by atoms with van der Waals surface area (Å²) in [6.07, 6.45) is 0.142. The molecule has 0 heterocycles. The van der Waals surface area contributed by atoms with Crippen molar-refractivity contribution in [1.82, 2.24) is 5.32 Å². The molecule has 0 saturated heterocycles. The highest BCUT2D eigenvalue weighted by atomic mass is 127. The molecule has 1 saturated carbocycles. The summed E-state index contributed by atoms with van der Waals surface area (Å²) < 4.78 is -0.611. The number of halogens is 1. The first kappa shape index (κ1) is 26.6. The Morgan fingerprint density at radius 1 is 0.973 bits per heavy atom. The van der Waals surface area contributed by atoms with Crippen molar-refractivity contribution in [3.63, 3.8) is 0 Å². The Morgan fingerprint density at radius 3 is 2.19 bits per heavy atom. The SMILES string of the molecule is Cc1cc(C)c(NC(=O)Nc2cc3ccccc3cc2C(=O)NC2(C(=O)O)CCC(=O)CC2I)c(C)c1. The highest BCUT2D eigenvalue weighted by Crippen LogP contribution is 2.34. The Bertz CT molecular complexity index is 1410. The molecule has 4 rings (SSSR count). The van der Waals surface area contributed by atoms with E-state index in [1.165, 1.54) is 0 Å². The average Bonchev–Trinajstić information content (AvgIpc) is 2.82. The molecule has 1 aliphatic carbocycles. The Morgan fingerprint density at radius 2 is 1.59 bits per heavy atom. The van der Waals surface area contributed by atoms with Crippen LogP contribution in [0.2, 0.25) is 0 Å². The van der Waals surface area contributed by atoms with E-state index < -0.39 is 27.4 Å². The Labute approximate surface area is 228 Å². The number of alkyl halides is 1. The lowest BCUT2D eigenvalue weighted by molar-refractivity contribution is -0.146. The quantitative estimate of drug-likeness (QED) is 0.223. The van der Waals surface area contributed by atoms with Gasteiger partial charge in [-0.25, -0.2) is 9.59 Å². The second kappa shape index (κ2) is 10.5. The van der Waals surface area contributed by atoms with Gasteiger partial charge in [-0.1, -0.05) is 64.6 Å². The number of aliphatic carboxylic acids is 1. The van der Waals surface area contributed by atoms with Crippen molar-refractivity contribution in [1.29, 1.82) is 0 Å². The van der Waals surface area contributed by atoms with Crippen LogP contribution in [0.1, 0.15) is 46.3 Å². The standard InChI is InChI=1S/C28H28IN3O5/c1-15-10-16(2)24(17(3)11-15)31-27(37)30-22-13-19-7-5-4-6-18(19)12-21(22)25(34)32-28(26(35)36)9-8-20(33)14-23(28)29/h4-7,10-13,23H,8-9,14H2,1-3H3,(H,32,34)(H,35,36)(H2,30,31,37). The highest BCUT2D eigenvalue weighted by molar-refractivity contribution is 14.1. The molecule has 1 aliphatic rings. The number of carbonyl (C=O) groups excluding carboxylic acids is 3. The van der Waals surface area contributed by atoms with Gasteiger partial charge in [0.1, 0.15) is 5.78 Å². The zero-order valence-electron chi connectivity index (χ0n) is 20.8. The molecule has 3 aromatic carbocycles. The summed E-state index contributed by atoms with van der Waals surface area (Å²) in [6.45, 7) is 5.80. The lowest BCUT2D eigenvalue weighted by atomic mass is 9.80. The van der Waals surface area contributed by atoms with Crippen molar-refractivity contribution >= 4 is 68.4 Å². The van der Waals surface area contributed by atoms with Crippen LogP contribution in [0.4, 0.5) is 16.2 Å². The zero-order valence-corrected chi connectivity index (χ0v) is 22.9. The van der Waals surface area contributed by atoms with Crippen molar-refractivity contribution in [2.45, 2.75) is 49.5 Å². The molecule has 0 bridgehead atoms. The Balaban J connectivity index is 1.68. The van der Waals surface area contributed by atoms with Crippen molar-refractivity contribution in [3.8, 4) is 0 Å². The van der Waals surface area contributed by atoms with Crippen LogP contribution in [0.5, 0.6) is 0 Å². The number of fused-ring (bicyclic) bond motifs is 1. The molecule has 0 aliphatic heterocycles. The van der Waals surface area contributed by atoms with Gasteiger partial charge in [-0.15, -0.1) is 0 Å². The molecule has 0 spiro atoms. The Kier molecular flexibility index (Phi) is 7.54. The summed E-state index contributed by atoms with van der Waals surface area (Å²) >= 11 is 1.92. The maximum absolute atomic E-state index is 13.6. The van der Waals surface area contributed by atoms with E-state index >= 15 is 0 Å². The molecular weight excluding hydrogens is 585 g/mol. The van der Waals surface area contributed by atoms with Crippen LogP contribution in [-0.2, 0) is 9.59 Å². The van der Waals surface area contributed by atoms with Crippen molar-refractivity contribution in [2.75, 3.05) is 10.6 Å². The minimum atomic E-state index is -1.59. The van der Waals surface area contributed by atoms with E-state index in [1.807, 2.05) is 79.8 Å². The molecule has 0 radical (unpaired) electrons. The number of carboxylic acid groups (broad SMARTS) is 1. The molecule has 4 N–H and O–H groups in total. The minimum Gasteiger partial charge on any atom is -0.479 e. The Hall–Kier alpha value is -3.47. The number of carbonyl (C=O) groups is 4. The molecule has 3 amide bonds. The minimum absolute atomic E-state index is 0.00329. The molecule has 37 heavy (non-hydrogen) atoms. The van der Waals surface area contributed by atoms with Gasteiger partial charge in [0.05, 0.1) is 15.2 Å². The number of hydrogen-bond donors (Lipinski definition) is 4. The monoisotopic (exact) mass is 613 g/mol. The third-order valence-electron chi connectivity index (χ3n) is 6.75. The predicted molar refractivity (Wildman–Crippen MR) is 152 cm³/mol. The number of rotatable bonds is 5. The number of aryl methyl sites for hydroxylation is 3. The number of carboxylic acids is 1. The van der Waals surface area contributed by atoms with Gasteiger partial charge in [0.15, 0.2) is 5.54 Å². The zero-order chi connectivity index (χ0) is 26.9. The van der Waals surface area contributed by atoms with E-state index in [9.17, 15) is 24.3 Å². The lowest BCUT2D eigenvalue weighted by Crippen LogP contribution is -2.62. The molecule has 2 atom stereocenters. The third kappa shape index (κ3) is 5.46. The number of benzene rings is 3. The van der Waals surface area contributed by atoms with Gasteiger partial charge in [-0.2, -0.15) is 0 Å². The summed E-state index contributed by atoms with van der Waals surface area (Å²) in [4.78, 5) is 50.8. The molecule has 0 aromatic heterocycles. The largest absolute Gasteiger partial charge is 0.479 e. The summed E-state index contributed by atoms with van der Waals surface area (Å²) in [5.41, 5.74) is 2.37. The maximum atomic E-state index is 13.6. The number of hydrogen-bond acceptors (Lipinski definition) is 4. The molecule has 2 unspecified atom stereocenters. The van der Waals surface area contributed by atoms with E-state index in [0.717, 1.165) is 27.5 Å².